The maximum absolute atomic E-state index is 9.97. The highest BCUT2D eigenvalue weighted by Crippen LogP contribution is 2.20. The molecule has 62 valence electrons. The van der Waals surface area contributed by atoms with E-state index >= 15 is 0 Å². The summed E-state index contributed by atoms with van der Waals surface area (Å²) in [6.07, 6.45) is 3.57. The van der Waals surface area contributed by atoms with E-state index in [0.717, 1.165) is 0 Å². The topological polar surface area (TPSA) is 37.3 Å². The molecular weight excluding hydrogens is 176 g/mol. The molecule has 0 amide bonds. The molecule has 1 aromatic carbocycles. The summed E-state index contributed by atoms with van der Waals surface area (Å²) >= 11 is 5.65. The van der Waals surface area contributed by atoms with Gasteiger partial charge in [-0.05, 0) is 29.8 Å². The molecule has 0 saturated carbocycles. The van der Waals surface area contributed by atoms with Crippen molar-refractivity contribution in [2.45, 2.75) is 0 Å². The molecule has 0 aromatic heterocycles. The minimum atomic E-state index is 0.0908. The number of phenolic OH excluding ortho intramolecular Hbond substituents is 1. The number of hydrogen-bond donors (Lipinski definition) is 1. The summed E-state index contributed by atoms with van der Waals surface area (Å²) in [7, 11) is 0. The first-order valence-corrected chi connectivity index (χ1v) is 3.71. The summed E-state index contributed by atoms with van der Waals surface area (Å²) in [5.41, 5.74) is 0.701. The Labute approximate surface area is 75.1 Å². The molecule has 0 spiro atoms. The van der Waals surface area contributed by atoms with E-state index in [0.29, 0.717) is 16.9 Å². The monoisotopic (exact) mass is 182 g/mol. The molecule has 2 nitrogen and oxygen atoms in total. The van der Waals surface area contributed by atoms with Crippen LogP contribution in [-0.4, -0.2) is 11.4 Å². The van der Waals surface area contributed by atoms with Gasteiger partial charge in [0.1, 0.15) is 12.0 Å². The highest BCUT2D eigenvalue weighted by molar-refractivity contribution is 6.30. The van der Waals surface area contributed by atoms with Gasteiger partial charge in [-0.25, -0.2) is 0 Å². The number of benzene rings is 1. The standard InChI is InChI=1S/C9H7ClO2/c10-8-4-7(2-1-3-11)5-9(12)6-8/h1-6,12H. The Morgan fingerprint density at radius 1 is 1.33 bits per heavy atom. The van der Waals surface area contributed by atoms with E-state index in [1.807, 2.05) is 0 Å². The Morgan fingerprint density at radius 2 is 2.08 bits per heavy atom. The van der Waals surface area contributed by atoms with Crippen molar-refractivity contribution in [3.05, 3.63) is 34.9 Å². The van der Waals surface area contributed by atoms with Gasteiger partial charge in [-0.15, -0.1) is 0 Å². The number of allylic oxidation sites excluding steroid dienone is 1. The summed E-state index contributed by atoms with van der Waals surface area (Å²) in [4.78, 5) is 9.97. The summed E-state index contributed by atoms with van der Waals surface area (Å²) in [6, 6.07) is 4.60. The number of carbonyl (C=O) groups excluding carboxylic acids is 1. The Bertz CT molecular complexity index is 298. The lowest BCUT2D eigenvalue weighted by atomic mass is 10.2. The van der Waals surface area contributed by atoms with Gasteiger partial charge in [-0.1, -0.05) is 17.7 Å². The Kier molecular flexibility index (Phi) is 2.88. The van der Waals surface area contributed by atoms with Crippen molar-refractivity contribution in [1.29, 1.82) is 0 Å². The maximum atomic E-state index is 9.97. The quantitative estimate of drug-likeness (QED) is 0.563. The van der Waals surface area contributed by atoms with E-state index < -0.39 is 0 Å². The largest absolute Gasteiger partial charge is 0.508 e. The third-order valence-corrected chi connectivity index (χ3v) is 1.49. The van der Waals surface area contributed by atoms with Crippen molar-refractivity contribution < 1.29 is 9.90 Å². The molecular formula is C9H7ClO2. The highest BCUT2D eigenvalue weighted by atomic mass is 35.5. The van der Waals surface area contributed by atoms with Crippen molar-refractivity contribution in [2.24, 2.45) is 0 Å². The van der Waals surface area contributed by atoms with E-state index in [1.165, 1.54) is 18.2 Å². The van der Waals surface area contributed by atoms with Gasteiger partial charge in [0, 0.05) is 5.02 Å². The zero-order valence-electron chi connectivity index (χ0n) is 6.20. The van der Waals surface area contributed by atoms with E-state index in [9.17, 15) is 4.79 Å². The van der Waals surface area contributed by atoms with Gasteiger partial charge in [-0.2, -0.15) is 0 Å². The Hall–Kier alpha value is -1.28. The molecule has 0 unspecified atom stereocenters. The number of phenols is 1. The van der Waals surface area contributed by atoms with Crippen molar-refractivity contribution in [1.82, 2.24) is 0 Å². The van der Waals surface area contributed by atoms with E-state index in [-0.39, 0.29) is 5.75 Å². The number of hydrogen-bond acceptors (Lipinski definition) is 2. The fourth-order valence-electron chi connectivity index (χ4n) is 0.843. The lowest BCUT2D eigenvalue weighted by Crippen LogP contribution is -1.73. The number of aldehydes is 1. The van der Waals surface area contributed by atoms with Crippen LogP contribution in [0.1, 0.15) is 5.56 Å². The van der Waals surface area contributed by atoms with Gasteiger partial charge < -0.3 is 5.11 Å². The molecule has 0 bridgehead atoms. The lowest BCUT2D eigenvalue weighted by Gasteiger charge is -1.96. The Morgan fingerprint density at radius 3 is 2.67 bits per heavy atom. The van der Waals surface area contributed by atoms with Crippen LogP contribution in [0.2, 0.25) is 5.02 Å². The van der Waals surface area contributed by atoms with Crippen LogP contribution in [0.3, 0.4) is 0 Å². The third kappa shape index (κ3) is 2.40. The first-order valence-electron chi connectivity index (χ1n) is 3.34. The molecule has 0 saturated heterocycles. The first kappa shape index (κ1) is 8.81. The smallest absolute Gasteiger partial charge is 0.142 e. The molecule has 3 heteroatoms. The summed E-state index contributed by atoms with van der Waals surface area (Å²) in [6.45, 7) is 0. The molecule has 0 heterocycles. The van der Waals surface area contributed by atoms with Gasteiger partial charge in [0.2, 0.25) is 0 Å². The van der Waals surface area contributed by atoms with Crippen molar-refractivity contribution in [3.8, 4) is 5.75 Å². The maximum Gasteiger partial charge on any atom is 0.142 e. The zero-order chi connectivity index (χ0) is 8.97. The summed E-state index contributed by atoms with van der Waals surface area (Å²) in [5.74, 6) is 0.0908. The summed E-state index contributed by atoms with van der Waals surface area (Å²) in [5, 5.41) is 9.53. The molecule has 0 atom stereocenters. The molecule has 1 rings (SSSR count). The van der Waals surface area contributed by atoms with Crippen LogP contribution < -0.4 is 0 Å². The Balaban J connectivity index is 3.00. The van der Waals surface area contributed by atoms with Crippen molar-refractivity contribution in [2.75, 3.05) is 0 Å². The van der Waals surface area contributed by atoms with E-state index in [1.54, 1.807) is 12.1 Å². The lowest BCUT2D eigenvalue weighted by molar-refractivity contribution is -0.104. The van der Waals surface area contributed by atoms with Gasteiger partial charge in [-0.3, -0.25) is 4.79 Å². The second-order valence-corrected chi connectivity index (χ2v) is 2.67. The molecule has 0 fully saturated rings. The van der Waals surface area contributed by atoms with Crippen LogP contribution >= 0.6 is 11.6 Å². The van der Waals surface area contributed by atoms with E-state index in [4.69, 9.17) is 16.7 Å². The van der Waals surface area contributed by atoms with Crippen LogP contribution in [0.25, 0.3) is 6.08 Å². The summed E-state index contributed by atoms with van der Waals surface area (Å²) < 4.78 is 0. The molecule has 1 N–H and O–H groups in total. The molecule has 0 aliphatic heterocycles. The van der Waals surface area contributed by atoms with Crippen LogP contribution in [0.15, 0.2) is 24.3 Å². The second kappa shape index (κ2) is 3.93. The normalized spacial score (nSPS) is 10.4. The van der Waals surface area contributed by atoms with Crippen molar-refractivity contribution in [3.63, 3.8) is 0 Å². The molecule has 1 aromatic rings. The molecule has 12 heavy (non-hydrogen) atoms. The molecule has 0 aliphatic rings. The predicted molar refractivity (Wildman–Crippen MR) is 48.2 cm³/mol. The van der Waals surface area contributed by atoms with Crippen LogP contribution in [0.5, 0.6) is 5.75 Å². The first-order chi connectivity index (χ1) is 5.72. The van der Waals surface area contributed by atoms with Gasteiger partial charge in [0.05, 0.1) is 0 Å². The van der Waals surface area contributed by atoms with Crippen LogP contribution in [0.4, 0.5) is 0 Å². The average Bonchev–Trinajstić information content (AvgIpc) is 1.99. The average molecular weight is 183 g/mol. The van der Waals surface area contributed by atoms with Gasteiger partial charge in [0.15, 0.2) is 0 Å². The van der Waals surface area contributed by atoms with Gasteiger partial charge in [0.25, 0.3) is 0 Å². The highest BCUT2D eigenvalue weighted by Gasteiger charge is 1.94. The molecule has 0 radical (unpaired) electrons. The van der Waals surface area contributed by atoms with Crippen LogP contribution in [-0.2, 0) is 4.79 Å². The number of halogens is 1. The fourth-order valence-corrected chi connectivity index (χ4v) is 1.08. The number of rotatable bonds is 2. The number of carbonyl (C=O) groups is 1. The fraction of sp³-hybridized carbons (Fsp3) is 0. The minimum absolute atomic E-state index is 0.0908. The second-order valence-electron chi connectivity index (χ2n) is 2.24. The zero-order valence-corrected chi connectivity index (χ0v) is 6.95. The number of aromatic hydroxyl groups is 1. The van der Waals surface area contributed by atoms with Crippen molar-refractivity contribution >= 4 is 24.0 Å². The van der Waals surface area contributed by atoms with Crippen LogP contribution in [0, 0.1) is 0 Å². The van der Waals surface area contributed by atoms with Gasteiger partial charge >= 0.3 is 0 Å². The van der Waals surface area contributed by atoms with E-state index in [2.05, 4.69) is 0 Å². The third-order valence-electron chi connectivity index (χ3n) is 1.27. The predicted octanol–water partition coefficient (Wildman–Crippen LogP) is 2.26. The minimum Gasteiger partial charge on any atom is -0.508 e. The SMILES string of the molecule is O=CC=Cc1cc(O)cc(Cl)c1. The molecule has 0 aliphatic carbocycles.